The lowest BCUT2D eigenvalue weighted by Gasteiger charge is -2.05. The number of nitrogens with zero attached hydrogens (tertiary/aromatic N) is 1. The molecule has 13 heavy (non-hydrogen) atoms. The highest BCUT2D eigenvalue weighted by Crippen LogP contribution is 2.21. The molecule has 0 bridgehead atoms. The Labute approximate surface area is 82.1 Å². The maximum absolute atomic E-state index is 10.8. The number of carbonyl (C=O) groups excluding carboxylic acids is 1. The summed E-state index contributed by atoms with van der Waals surface area (Å²) in [4.78, 5) is 15.0. The van der Waals surface area contributed by atoms with Crippen molar-refractivity contribution >= 4 is 22.9 Å². The number of thioether (sulfide) groups is 1. The van der Waals surface area contributed by atoms with Crippen LogP contribution in [0.3, 0.4) is 0 Å². The molecule has 0 fully saturated rings. The third kappa shape index (κ3) is 3.26. The number of carbonyl (C=O) groups is 1. The number of esters is 1. The van der Waals surface area contributed by atoms with Crippen molar-refractivity contribution in [3.63, 3.8) is 0 Å². The molecule has 0 aromatic heterocycles. The molecule has 1 aliphatic heterocycles. The Balaban J connectivity index is 2.20. The second-order valence-corrected chi connectivity index (χ2v) is 4.01. The number of rotatable bonds is 3. The van der Waals surface area contributed by atoms with Gasteiger partial charge in [-0.1, -0.05) is 18.7 Å². The molecule has 0 amide bonds. The third-order valence-corrected chi connectivity index (χ3v) is 3.10. The van der Waals surface area contributed by atoms with E-state index in [0.717, 1.165) is 18.1 Å². The first-order chi connectivity index (χ1) is 6.26. The van der Waals surface area contributed by atoms with Crippen LogP contribution in [0.4, 0.5) is 0 Å². The largest absolute Gasteiger partial charge is 0.468 e. The van der Waals surface area contributed by atoms with Crippen LogP contribution < -0.4 is 5.32 Å². The van der Waals surface area contributed by atoms with Crippen LogP contribution in [0.25, 0.3) is 0 Å². The second-order valence-electron chi connectivity index (χ2n) is 2.72. The van der Waals surface area contributed by atoms with Crippen molar-refractivity contribution in [2.24, 2.45) is 4.99 Å². The first kappa shape index (κ1) is 10.4. The fourth-order valence-corrected chi connectivity index (χ4v) is 1.88. The van der Waals surface area contributed by atoms with E-state index in [9.17, 15) is 4.79 Å². The molecule has 0 radical (unpaired) electrons. The fourth-order valence-electron chi connectivity index (χ4n) is 0.947. The smallest absolute Gasteiger partial charge is 0.325 e. The van der Waals surface area contributed by atoms with E-state index >= 15 is 0 Å². The summed E-state index contributed by atoms with van der Waals surface area (Å²) in [5.41, 5.74) is 0. The molecule has 74 valence electrons. The predicted molar refractivity (Wildman–Crippen MR) is 54.0 cm³/mol. The van der Waals surface area contributed by atoms with Gasteiger partial charge in [-0.05, 0) is 6.42 Å². The number of nitrogens with one attached hydrogen (secondary N) is 1. The van der Waals surface area contributed by atoms with Crippen molar-refractivity contribution in [3.8, 4) is 0 Å². The quantitative estimate of drug-likeness (QED) is 0.682. The van der Waals surface area contributed by atoms with Gasteiger partial charge in [0.25, 0.3) is 0 Å². The molecular formula is C8H14N2O2S. The molecule has 1 aliphatic rings. The van der Waals surface area contributed by atoms with Crippen LogP contribution in [0, 0.1) is 0 Å². The minimum atomic E-state index is -0.261. The van der Waals surface area contributed by atoms with Gasteiger partial charge in [-0.2, -0.15) is 0 Å². The SMILES string of the molecule is CCC1CN=C(NCC(=O)OC)S1. The fraction of sp³-hybridized carbons (Fsp3) is 0.750. The zero-order chi connectivity index (χ0) is 9.68. The minimum absolute atomic E-state index is 0.207. The number of hydrogen-bond acceptors (Lipinski definition) is 5. The van der Waals surface area contributed by atoms with Crippen molar-refractivity contribution in [1.29, 1.82) is 0 Å². The molecule has 1 unspecified atom stereocenters. The van der Waals surface area contributed by atoms with Crippen LogP contribution in [0.15, 0.2) is 4.99 Å². The molecular weight excluding hydrogens is 188 g/mol. The molecule has 0 aromatic carbocycles. The third-order valence-electron chi connectivity index (χ3n) is 1.78. The number of hydrogen-bond donors (Lipinski definition) is 1. The van der Waals surface area contributed by atoms with E-state index in [4.69, 9.17) is 0 Å². The van der Waals surface area contributed by atoms with Crippen molar-refractivity contribution in [2.75, 3.05) is 20.2 Å². The summed E-state index contributed by atoms with van der Waals surface area (Å²) in [6.45, 7) is 3.19. The second kappa shape index (κ2) is 5.11. The van der Waals surface area contributed by atoms with Crippen LogP contribution >= 0.6 is 11.8 Å². The summed E-state index contributed by atoms with van der Waals surface area (Å²) in [6, 6.07) is 0. The molecule has 5 heteroatoms. The summed E-state index contributed by atoms with van der Waals surface area (Å²) < 4.78 is 4.50. The summed E-state index contributed by atoms with van der Waals surface area (Å²) in [5.74, 6) is -0.261. The average molecular weight is 202 g/mol. The van der Waals surface area contributed by atoms with Gasteiger partial charge in [0.2, 0.25) is 0 Å². The first-order valence-electron chi connectivity index (χ1n) is 4.28. The minimum Gasteiger partial charge on any atom is -0.468 e. The molecule has 0 spiro atoms. The van der Waals surface area contributed by atoms with Gasteiger partial charge in [0.1, 0.15) is 6.54 Å². The summed E-state index contributed by atoms with van der Waals surface area (Å²) in [5, 5.41) is 4.36. The Hall–Kier alpha value is -0.710. The monoisotopic (exact) mass is 202 g/mol. The van der Waals surface area contributed by atoms with Crippen LogP contribution in [0.5, 0.6) is 0 Å². The van der Waals surface area contributed by atoms with Gasteiger partial charge < -0.3 is 10.1 Å². The van der Waals surface area contributed by atoms with Crippen LogP contribution in [0.1, 0.15) is 13.3 Å². The standard InChI is InChI=1S/C8H14N2O2S/c1-3-6-4-9-8(13-6)10-5-7(11)12-2/h6H,3-5H2,1-2H3,(H,9,10). The Morgan fingerprint density at radius 1 is 1.85 bits per heavy atom. The Morgan fingerprint density at radius 3 is 3.15 bits per heavy atom. The number of ether oxygens (including phenoxy) is 1. The number of methoxy groups -OCH3 is 1. The van der Waals surface area contributed by atoms with Gasteiger partial charge in [0, 0.05) is 5.25 Å². The molecule has 0 saturated carbocycles. The van der Waals surface area contributed by atoms with E-state index in [-0.39, 0.29) is 12.5 Å². The Bertz CT molecular complexity index is 218. The molecule has 0 saturated heterocycles. The normalized spacial score (nSPS) is 21.1. The van der Waals surface area contributed by atoms with Crippen molar-refractivity contribution < 1.29 is 9.53 Å². The van der Waals surface area contributed by atoms with E-state index in [1.54, 1.807) is 11.8 Å². The van der Waals surface area contributed by atoms with E-state index in [1.165, 1.54) is 7.11 Å². The molecule has 0 aliphatic carbocycles. The summed E-state index contributed by atoms with van der Waals surface area (Å²) >= 11 is 1.69. The average Bonchev–Trinajstić information content (AvgIpc) is 2.61. The lowest BCUT2D eigenvalue weighted by atomic mass is 10.3. The first-order valence-corrected chi connectivity index (χ1v) is 5.16. The zero-order valence-electron chi connectivity index (χ0n) is 7.87. The highest BCUT2D eigenvalue weighted by molar-refractivity contribution is 8.14. The van der Waals surface area contributed by atoms with Crippen molar-refractivity contribution in [1.82, 2.24) is 5.32 Å². The van der Waals surface area contributed by atoms with Gasteiger partial charge >= 0.3 is 5.97 Å². The van der Waals surface area contributed by atoms with Crippen LogP contribution in [-0.2, 0) is 9.53 Å². The van der Waals surface area contributed by atoms with E-state index < -0.39 is 0 Å². The topological polar surface area (TPSA) is 50.7 Å². The van der Waals surface area contributed by atoms with Crippen LogP contribution in [-0.4, -0.2) is 36.6 Å². The van der Waals surface area contributed by atoms with Gasteiger partial charge in [-0.3, -0.25) is 9.79 Å². The molecule has 1 atom stereocenters. The lowest BCUT2D eigenvalue weighted by Crippen LogP contribution is -2.27. The highest BCUT2D eigenvalue weighted by Gasteiger charge is 2.17. The number of amidine groups is 1. The Kier molecular flexibility index (Phi) is 4.08. The maximum atomic E-state index is 10.8. The van der Waals surface area contributed by atoms with E-state index in [2.05, 4.69) is 22.0 Å². The van der Waals surface area contributed by atoms with Gasteiger partial charge in [-0.25, -0.2) is 0 Å². The summed E-state index contributed by atoms with van der Waals surface area (Å²) in [7, 11) is 1.38. The summed E-state index contributed by atoms with van der Waals surface area (Å²) in [6.07, 6.45) is 1.11. The zero-order valence-corrected chi connectivity index (χ0v) is 8.69. The van der Waals surface area contributed by atoms with Gasteiger partial charge in [0.15, 0.2) is 5.17 Å². The molecule has 4 nitrogen and oxygen atoms in total. The lowest BCUT2D eigenvalue weighted by molar-refractivity contribution is -0.139. The van der Waals surface area contributed by atoms with Gasteiger partial charge in [-0.15, -0.1) is 0 Å². The van der Waals surface area contributed by atoms with Crippen LogP contribution in [0.2, 0.25) is 0 Å². The molecule has 1 heterocycles. The van der Waals surface area contributed by atoms with E-state index in [0.29, 0.717) is 5.25 Å². The molecule has 1 N–H and O–H groups in total. The predicted octanol–water partition coefficient (Wildman–Crippen LogP) is 0.630. The molecule has 1 rings (SSSR count). The Morgan fingerprint density at radius 2 is 2.62 bits per heavy atom. The maximum Gasteiger partial charge on any atom is 0.325 e. The van der Waals surface area contributed by atoms with E-state index in [1.807, 2.05) is 0 Å². The molecule has 0 aromatic rings. The van der Waals surface area contributed by atoms with Crippen molar-refractivity contribution in [3.05, 3.63) is 0 Å². The number of aliphatic imine (C=N–C) groups is 1. The van der Waals surface area contributed by atoms with Crippen molar-refractivity contribution in [2.45, 2.75) is 18.6 Å². The highest BCUT2D eigenvalue weighted by atomic mass is 32.2. The van der Waals surface area contributed by atoms with Gasteiger partial charge in [0.05, 0.1) is 13.7 Å².